The van der Waals surface area contributed by atoms with Crippen LogP contribution < -0.4 is 11.1 Å². The van der Waals surface area contributed by atoms with Crippen molar-refractivity contribution in [1.29, 1.82) is 0 Å². The fourth-order valence-corrected chi connectivity index (χ4v) is 1.30. The maximum Gasteiger partial charge on any atom is 0.321 e. The van der Waals surface area contributed by atoms with Crippen molar-refractivity contribution < 1.29 is 10.0 Å². The van der Waals surface area contributed by atoms with Crippen molar-refractivity contribution in [2.75, 3.05) is 19.4 Å². The van der Waals surface area contributed by atoms with Gasteiger partial charge in [0.15, 0.2) is 5.84 Å². The molecular formula is C10H13ClN4O2. The van der Waals surface area contributed by atoms with Gasteiger partial charge in [0, 0.05) is 24.7 Å². The van der Waals surface area contributed by atoms with E-state index in [2.05, 4.69) is 10.5 Å². The first kappa shape index (κ1) is 13.1. The fraction of sp³-hybridized carbons (Fsp3) is 0.200. The average Bonchev–Trinajstić information content (AvgIpc) is 2.28. The Labute approximate surface area is 104 Å². The molecule has 0 radical (unpaired) electrons. The molecule has 1 aromatic carbocycles. The standard InChI is InChI=1S/C10H13ClN4O2/c1-15(2)10(16)13-8-5-6(11)3-4-7(8)9(12)14-17/h3-5,17H,1-2H3,(H2,12,14)(H,13,16). The molecule has 0 atom stereocenters. The minimum absolute atomic E-state index is 0.101. The maximum atomic E-state index is 11.5. The Bertz CT molecular complexity index is 460. The number of nitrogens with one attached hydrogen (secondary N) is 1. The molecule has 0 bridgehead atoms. The van der Waals surface area contributed by atoms with Crippen molar-refractivity contribution in [1.82, 2.24) is 4.90 Å². The molecule has 1 aromatic rings. The summed E-state index contributed by atoms with van der Waals surface area (Å²) in [7, 11) is 3.20. The van der Waals surface area contributed by atoms with Crippen molar-refractivity contribution in [3.05, 3.63) is 28.8 Å². The molecule has 0 spiro atoms. The molecule has 7 heteroatoms. The topological polar surface area (TPSA) is 91.0 Å². The molecule has 0 heterocycles. The van der Waals surface area contributed by atoms with E-state index in [1.807, 2.05) is 0 Å². The lowest BCUT2D eigenvalue weighted by Crippen LogP contribution is -2.28. The van der Waals surface area contributed by atoms with Crippen molar-refractivity contribution in [2.45, 2.75) is 0 Å². The van der Waals surface area contributed by atoms with Crippen LogP contribution in [0.25, 0.3) is 0 Å². The number of hydrogen-bond acceptors (Lipinski definition) is 3. The number of oxime groups is 1. The summed E-state index contributed by atoms with van der Waals surface area (Å²) in [6.45, 7) is 0. The molecule has 2 amide bonds. The zero-order chi connectivity index (χ0) is 13.0. The Morgan fingerprint density at radius 2 is 2.18 bits per heavy atom. The van der Waals surface area contributed by atoms with Crippen LogP contribution in [-0.2, 0) is 0 Å². The van der Waals surface area contributed by atoms with Crippen LogP contribution in [0.5, 0.6) is 0 Å². The summed E-state index contributed by atoms with van der Waals surface area (Å²) in [6, 6.07) is 4.33. The van der Waals surface area contributed by atoms with Gasteiger partial charge in [-0.25, -0.2) is 4.79 Å². The minimum atomic E-state index is -0.334. The van der Waals surface area contributed by atoms with Gasteiger partial charge in [-0.1, -0.05) is 16.8 Å². The highest BCUT2D eigenvalue weighted by Gasteiger charge is 2.11. The highest BCUT2D eigenvalue weighted by molar-refractivity contribution is 6.31. The van der Waals surface area contributed by atoms with Crippen molar-refractivity contribution in [3.63, 3.8) is 0 Å². The van der Waals surface area contributed by atoms with Gasteiger partial charge < -0.3 is 21.2 Å². The molecule has 1 rings (SSSR count). The van der Waals surface area contributed by atoms with E-state index in [4.69, 9.17) is 22.5 Å². The Balaban J connectivity index is 3.12. The molecule has 4 N–H and O–H groups in total. The summed E-state index contributed by atoms with van der Waals surface area (Å²) in [5.41, 5.74) is 6.27. The first-order valence-corrected chi connectivity index (χ1v) is 5.09. The summed E-state index contributed by atoms with van der Waals surface area (Å²) in [5.74, 6) is -0.101. The second-order valence-electron chi connectivity index (χ2n) is 3.50. The van der Waals surface area contributed by atoms with Gasteiger partial charge in [-0.2, -0.15) is 0 Å². The molecule has 0 fully saturated rings. The molecule has 0 aliphatic rings. The van der Waals surface area contributed by atoms with Gasteiger partial charge in [0.2, 0.25) is 0 Å². The number of nitrogens with two attached hydrogens (primary N) is 1. The minimum Gasteiger partial charge on any atom is -0.409 e. The number of amides is 2. The van der Waals surface area contributed by atoms with E-state index >= 15 is 0 Å². The normalized spacial score (nSPS) is 11.1. The molecule has 17 heavy (non-hydrogen) atoms. The van der Waals surface area contributed by atoms with E-state index in [9.17, 15) is 4.79 Å². The van der Waals surface area contributed by atoms with Gasteiger partial charge in [-0.05, 0) is 18.2 Å². The number of benzene rings is 1. The quantitative estimate of drug-likeness (QED) is 0.324. The summed E-state index contributed by atoms with van der Waals surface area (Å²) < 4.78 is 0. The number of carbonyl (C=O) groups excluding carboxylic acids is 1. The third-order valence-electron chi connectivity index (χ3n) is 2.01. The zero-order valence-electron chi connectivity index (χ0n) is 9.44. The van der Waals surface area contributed by atoms with Crippen LogP contribution in [0, 0.1) is 0 Å². The van der Waals surface area contributed by atoms with E-state index in [1.54, 1.807) is 26.2 Å². The van der Waals surface area contributed by atoms with Gasteiger partial charge in [0.1, 0.15) is 0 Å². The van der Waals surface area contributed by atoms with Crippen LogP contribution in [0.15, 0.2) is 23.4 Å². The van der Waals surface area contributed by atoms with E-state index in [-0.39, 0.29) is 11.9 Å². The van der Waals surface area contributed by atoms with Crippen molar-refractivity contribution in [2.24, 2.45) is 10.9 Å². The fourth-order valence-electron chi connectivity index (χ4n) is 1.12. The van der Waals surface area contributed by atoms with Crippen LogP contribution in [-0.4, -0.2) is 36.1 Å². The van der Waals surface area contributed by atoms with E-state index in [1.165, 1.54) is 11.0 Å². The van der Waals surface area contributed by atoms with Crippen LogP contribution in [0.4, 0.5) is 10.5 Å². The number of anilines is 1. The van der Waals surface area contributed by atoms with E-state index in [0.29, 0.717) is 16.3 Å². The molecule has 0 saturated carbocycles. The average molecular weight is 257 g/mol. The first-order valence-electron chi connectivity index (χ1n) is 4.71. The molecule has 0 aliphatic carbocycles. The Kier molecular flexibility index (Phi) is 4.17. The molecule has 92 valence electrons. The van der Waals surface area contributed by atoms with Crippen molar-refractivity contribution in [3.8, 4) is 0 Å². The summed E-state index contributed by atoms with van der Waals surface area (Å²) >= 11 is 5.82. The number of amidine groups is 1. The van der Waals surface area contributed by atoms with Gasteiger partial charge in [0.25, 0.3) is 0 Å². The lowest BCUT2D eigenvalue weighted by atomic mass is 10.1. The predicted octanol–water partition coefficient (Wildman–Crippen LogP) is 1.53. The Hall–Kier alpha value is -1.95. The molecule has 0 saturated heterocycles. The summed E-state index contributed by atoms with van der Waals surface area (Å²) in [4.78, 5) is 12.9. The van der Waals surface area contributed by atoms with Gasteiger partial charge in [0.05, 0.1) is 5.69 Å². The Morgan fingerprint density at radius 3 is 2.71 bits per heavy atom. The smallest absolute Gasteiger partial charge is 0.321 e. The van der Waals surface area contributed by atoms with Crippen LogP contribution in [0.2, 0.25) is 5.02 Å². The van der Waals surface area contributed by atoms with Crippen LogP contribution >= 0.6 is 11.6 Å². The number of hydrogen-bond donors (Lipinski definition) is 3. The highest BCUT2D eigenvalue weighted by atomic mass is 35.5. The second-order valence-corrected chi connectivity index (χ2v) is 3.94. The summed E-state index contributed by atoms with van der Waals surface area (Å²) in [5, 5.41) is 14.6. The van der Waals surface area contributed by atoms with Crippen LogP contribution in [0.1, 0.15) is 5.56 Å². The Morgan fingerprint density at radius 1 is 1.53 bits per heavy atom. The third kappa shape index (κ3) is 3.25. The number of urea groups is 1. The molecular weight excluding hydrogens is 244 g/mol. The second kappa shape index (κ2) is 5.40. The van der Waals surface area contributed by atoms with Gasteiger partial charge >= 0.3 is 6.03 Å². The number of rotatable bonds is 2. The molecule has 0 unspecified atom stereocenters. The van der Waals surface area contributed by atoms with E-state index in [0.717, 1.165) is 0 Å². The SMILES string of the molecule is CN(C)C(=O)Nc1cc(Cl)ccc1C(N)=NO. The third-order valence-corrected chi connectivity index (χ3v) is 2.25. The van der Waals surface area contributed by atoms with Gasteiger partial charge in [-0.3, -0.25) is 0 Å². The lowest BCUT2D eigenvalue weighted by molar-refractivity contribution is 0.230. The van der Waals surface area contributed by atoms with Crippen LogP contribution in [0.3, 0.4) is 0 Å². The van der Waals surface area contributed by atoms with E-state index < -0.39 is 0 Å². The molecule has 0 aromatic heterocycles. The van der Waals surface area contributed by atoms with Crippen molar-refractivity contribution >= 4 is 29.2 Å². The van der Waals surface area contributed by atoms with Gasteiger partial charge in [-0.15, -0.1) is 0 Å². The number of halogens is 1. The largest absolute Gasteiger partial charge is 0.409 e. The molecule has 0 aliphatic heterocycles. The summed E-state index contributed by atoms with van der Waals surface area (Å²) in [6.07, 6.45) is 0. The number of carbonyl (C=O) groups is 1. The number of nitrogens with zero attached hydrogens (tertiary/aromatic N) is 2. The maximum absolute atomic E-state index is 11.5. The molecule has 6 nitrogen and oxygen atoms in total. The highest BCUT2D eigenvalue weighted by Crippen LogP contribution is 2.21. The lowest BCUT2D eigenvalue weighted by Gasteiger charge is -2.14. The first-order chi connectivity index (χ1) is 7.95. The predicted molar refractivity (Wildman–Crippen MR) is 66.7 cm³/mol. The zero-order valence-corrected chi connectivity index (χ0v) is 10.2. The monoisotopic (exact) mass is 256 g/mol.